The van der Waals surface area contributed by atoms with Gasteiger partial charge in [-0.15, -0.1) is 0 Å². The highest BCUT2D eigenvalue weighted by molar-refractivity contribution is 5.53. The fourth-order valence-electron chi connectivity index (χ4n) is 3.27. The Bertz CT molecular complexity index is 777. The van der Waals surface area contributed by atoms with Crippen LogP contribution in [-0.4, -0.2) is 28.2 Å². The third kappa shape index (κ3) is 3.91. The van der Waals surface area contributed by atoms with Gasteiger partial charge in [0, 0.05) is 45.5 Å². The first-order valence-electron chi connectivity index (χ1n) is 9.07. The third-order valence-corrected chi connectivity index (χ3v) is 4.90. The number of benzene rings is 3. The molecule has 0 bridgehead atoms. The molecular weight excluding hydrogens is 316 g/mol. The van der Waals surface area contributed by atoms with E-state index in [9.17, 15) is 0 Å². The molecule has 0 aliphatic heterocycles. The van der Waals surface area contributed by atoms with Gasteiger partial charge >= 0.3 is 0 Å². The third-order valence-electron chi connectivity index (χ3n) is 4.90. The molecule has 0 amide bonds. The van der Waals surface area contributed by atoms with Crippen molar-refractivity contribution in [3.8, 4) is 0 Å². The highest BCUT2D eigenvalue weighted by atomic mass is 15.1. The summed E-state index contributed by atoms with van der Waals surface area (Å²) in [6, 6.07) is 26.7. The van der Waals surface area contributed by atoms with E-state index in [2.05, 4.69) is 118 Å². The van der Waals surface area contributed by atoms with Gasteiger partial charge in [-0.3, -0.25) is 0 Å². The molecule has 2 nitrogen and oxygen atoms in total. The zero-order chi connectivity index (χ0) is 18.7. The molecule has 3 rings (SSSR count). The van der Waals surface area contributed by atoms with Crippen molar-refractivity contribution in [2.75, 3.05) is 38.0 Å². The molecule has 0 atom stereocenters. The van der Waals surface area contributed by atoms with E-state index in [0.717, 1.165) is 0 Å². The molecule has 26 heavy (non-hydrogen) atoms. The predicted molar refractivity (Wildman–Crippen MR) is 114 cm³/mol. The van der Waals surface area contributed by atoms with Gasteiger partial charge < -0.3 is 9.80 Å². The van der Waals surface area contributed by atoms with Crippen LogP contribution < -0.4 is 9.80 Å². The van der Waals surface area contributed by atoms with Crippen LogP contribution in [0.5, 0.6) is 0 Å². The van der Waals surface area contributed by atoms with Gasteiger partial charge in [0.05, 0.1) is 0 Å². The van der Waals surface area contributed by atoms with Gasteiger partial charge in [0.1, 0.15) is 0 Å². The summed E-state index contributed by atoms with van der Waals surface area (Å²) in [5, 5.41) is 0. The molecule has 0 unspecified atom stereocenters. The Morgan fingerprint density at radius 1 is 0.500 bits per heavy atom. The van der Waals surface area contributed by atoms with Crippen LogP contribution in [-0.2, 0) is 0 Å². The Morgan fingerprint density at radius 3 is 1.12 bits per heavy atom. The summed E-state index contributed by atoms with van der Waals surface area (Å²) in [5.74, 6) is 0.239. The predicted octanol–water partition coefficient (Wildman–Crippen LogP) is 5.31. The molecule has 0 heterocycles. The second-order valence-corrected chi connectivity index (χ2v) is 7.32. The maximum absolute atomic E-state index is 2.25. The minimum absolute atomic E-state index is 0.239. The molecule has 0 radical (unpaired) electrons. The summed E-state index contributed by atoms with van der Waals surface area (Å²) in [6.45, 7) is 2.14. The van der Waals surface area contributed by atoms with Gasteiger partial charge in [0.2, 0.25) is 0 Å². The van der Waals surface area contributed by atoms with E-state index in [-0.39, 0.29) is 5.92 Å². The molecule has 0 saturated heterocycles. The smallest absolute Gasteiger partial charge is 0.0361 e. The van der Waals surface area contributed by atoms with Crippen molar-refractivity contribution in [2.24, 2.45) is 0 Å². The molecule has 0 N–H and O–H groups in total. The zero-order valence-electron chi connectivity index (χ0n) is 16.4. The first-order valence-corrected chi connectivity index (χ1v) is 9.07. The Labute approximate surface area is 157 Å². The Balaban J connectivity index is 2.05. The average Bonchev–Trinajstić information content (AvgIpc) is 2.64. The van der Waals surface area contributed by atoms with Crippen molar-refractivity contribution in [3.05, 3.63) is 95.1 Å². The van der Waals surface area contributed by atoms with Gasteiger partial charge in [-0.2, -0.15) is 0 Å². The zero-order valence-corrected chi connectivity index (χ0v) is 16.4. The van der Waals surface area contributed by atoms with Crippen LogP contribution in [0.1, 0.15) is 28.2 Å². The summed E-state index contributed by atoms with van der Waals surface area (Å²) < 4.78 is 0. The van der Waals surface area contributed by atoms with Crippen LogP contribution in [0.4, 0.5) is 11.4 Å². The number of anilines is 2. The van der Waals surface area contributed by atoms with Crippen LogP contribution in [0.3, 0.4) is 0 Å². The van der Waals surface area contributed by atoms with Gasteiger partial charge in [-0.1, -0.05) is 54.1 Å². The number of rotatable bonds is 5. The van der Waals surface area contributed by atoms with E-state index in [1.807, 2.05) is 0 Å². The van der Waals surface area contributed by atoms with Crippen LogP contribution in [0.2, 0.25) is 0 Å². The van der Waals surface area contributed by atoms with Gasteiger partial charge in [0.25, 0.3) is 0 Å². The van der Waals surface area contributed by atoms with Crippen molar-refractivity contribution < 1.29 is 0 Å². The standard InChI is InChI=1S/C24H28N2/c1-18-6-8-19(9-7-18)24(20-10-14-22(15-11-20)25(2)3)21-12-16-23(17-13-21)26(4)5/h6-17,24H,1-5H3. The van der Waals surface area contributed by atoms with Crippen LogP contribution in [0.15, 0.2) is 72.8 Å². The fourth-order valence-corrected chi connectivity index (χ4v) is 3.27. The van der Waals surface area contributed by atoms with E-state index in [0.29, 0.717) is 0 Å². The molecule has 0 saturated carbocycles. The Hall–Kier alpha value is -2.74. The maximum atomic E-state index is 2.25. The fraction of sp³-hybridized carbons (Fsp3) is 0.250. The lowest BCUT2D eigenvalue weighted by atomic mass is 9.84. The Morgan fingerprint density at radius 2 is 0.808 bits per heavy atom. The molecule has 3 aromatic rings. The van der Waals surface area contributed by atoms with E-state index in [1.54, 1.807) is 0 Å². The highest BCUT2D eigenvalue weighted by Gasteiger charge is 2.17. The topological polar surface area (TPSA) is 6.48 Å². The van der Waals surface area contributed by atoms with E-state index in [4.69, 9.17) is 0 Å². The number of nitrogens with zero attached hydrogens (tertiary/aromatic N) is 2. The van der Waals surface area contributed by atoms with Gasteiger partial charge in [-0.25, -0.2) is 0 Å². The molecule has 0 fully saturated rings. The monoisotopic (exact) mass is 344 g/mol. The van der Waals surface area contributed by atoms with Gasteiger partial charge in [-0.05, 0) is 47.9 Å². The molecule has 3 aromatic carbocycles. The van der Waals surface area contributed by atoms with Crippen LogP contribution >= 0.6 is 0 Å². The largest absolute Gasteiger partial charge is 0.378 e. The highest BCUT2D eigenvalue weighted by Crippen LogP contribution is 2.33. The van der Waals surface area contributed by atoms with Crippen molar-refractivity contribution in [3.63, 3.8) is 0 Å². The van der Waals surface area contributed by atoms with Crippen LogP contribution in [0.25, 0.3) is 0 Å². The van der Waals surface area contributed by atoms with Crippen molar-refractivity contribution in [1.82, 2.24) is 0 Å². The minimum atomic E-state index is 0.239. The average molecular weight is 345 g/mol. The quantitative estimate of drug-likeness (QED) is 0.579. The summed E-state index contributed by atoms with van der Waals surface area (Å²) in [7, 11) is 8.30. The van der Waals surface area contributed by atoms with Crippen molar-refractivity contribution >= 4 is 11.4 Å². The Kier molecular flexibility index (Phi) is 5.32. The minimum Gasteiger partial charge on any atom is -0.378 e. The summed E-state index contributed by atoms with van der Waals surface area (Å²) in [4.78, 5) is 4.27. The molecule has 134 valence electrons. The lowest BCUT2D eigenvalue weighted by molar-refractivity contribution is 0.972. The summed E-state index contributed by atoms with van der Waals surface area (Å²) >= 11 is 0. The first kappa shape index (κ1) is 18.1. The number of hydrogen-bond donors (Lipinski definition) is 0. The second-order valence-electron chi connectivity index (χ2n) is 7.32. The van der Waals surface area contributed by atoms with Crippen LogP contribution in [0, 0.1) is 6.92 Å². The van der Waals surface area contributed by atoms with E-state index < -0.39 is 0 Å². The van der Waals surface area contributed by atoms with E-state index in [1.165, 1.54) is 33.6 Å². The SMILES string of the molecule is Cc1ccc(C(c2ccc(N(C)C)cc2)c2ccc(N(C)C)cc2)cc1. The van der Waals surface area contributed by atoms with E-state index >= 15 is 0 Å². The molecule has 0 aliphatic carbocycles. The summed E-state index contributed by atoms with van der Waals surface area (Å²) in [5.41, 5.74) is 7.69. The normalized spacial score (nSPS) is 10.8. The number of aryl methyl sites for hydroxylation is 1. The number of hydrogen-bond acceptors (Lipinski definition) is 2. The lowest BCUT2D eigenvalue weighted by Gasteiger charge is -2.22. The molecule has 2 heteroatoms. The molecule has 0 aromatic heterocycles. The molecular formula is C24H28N2. The van der Waals surface area contributed by atoms with Gasteiger partial charge in [0.15, 0.2) is 0 Å². The van der Waals surface area contributed by atoms with Crippen molar-refractivity contribution in [2.45, 2.75) is 12.8 Å². The molecule has 0 aliphatic rings. The maximum Gasteiger partial charge on any atom is 0.0361 e. The van der Waals surface area contributed by atoms with Crippen molar-refractivity contribution in [1.29, 1.82) is 0 Å². The first-order chi connectivity index (χ1) is 12.5. The molecule has 0 spiro atoms. The lowest BCUT2D eigenvalue weighted by Crippen LogP contribution is -2.10. The second kappa shape index (κ2) is 7.65. The summed E-state index contributed by atoms with van der Waals surface area (Å²) in [6.07, 6.45) is 0.